The van der Waals surface area contributed by atoms with Crippen LogP contribution in [0.3, 0.4) is 0 Å². The molecule has 0 radical (unpaired) electrons. The van der Waals surface area contributed by atoms with Gasteiger partial charge < -0.3 is 19.7 Å². The zero-order valence-electron chi connectivity index (χ0n) is 17.1. The highest BCUT2D eigenvalue weighted by molar-refractivity contribution is 5.87. The van der Waals surface area contributed by atoms with Gasteiger partial charge in [0.15, 0.2) is 6.61 Å². The van der Waals surface area contributed by atoms with Crippen molar-refractivity contribution < 1.29 is 19.1 Å². The summed E-state index contributed by atoms with van der Waals surface area (Å²) in [5.74, 6) is 0.890. The van der Waals surface area contributed by atoms with Gasteiger partial charge in [-0.1, -0.05) is 18.2 Å². The van der Waals surface area contributed by atoms with E-state index in [-0.39, 0.29) is 18.4 Å². The van der Waals surface area contributed by atoms with E-state index in [2.05, 4.69) is 5.32 Å². The molecule has 0 saturated carbocycles. The first-order chi connectivity index (χ1) is 13.3. The smallest absolute Gasteiger partial charge is 0.261 e. The van der Waals surface area contributed by atoms with Crippen LogP contribution in [0.5, 0.6) is 11.5 Å². The second-order valence-electron chi connectivity index (χ2n) is 6.77. The van der Waals surface area contributed by atoms with Gasteiger partial charge in [-0.3, -0.25) is 9.59 Å². The Labute approximate surface area is 166 Å². The van der Waals surface area contributed by atoms with Gasteiger partial charge in [0.1, 0.15) is 17.5 Å². The third kappa shape index (κ3) is 5.74. The fourth-order valence-electron chi connectivity index (χ4n) is 2.96. The quantitative estimate of drug-likeness (QED) is 0.760. The molecule has 0 saturated heterocycles. The lowest BCUT2D eigenvalue weighted by Crippen LogP contribution is -2.48. The number of amides is 2. The minimum absolute atomic E-state index is 0.139. The molecule has 2 rings (SSSR count). The fraction of sp³-hybridized carbons (Fsp3) is 0.364. The van der Waals surface area contributed by atoms with Gasteiger partial charge in [0.25, 0.3) is 5.91 Å². The monoisotopic (exact) mass is 384 g/mol. The van der Waals surface area contributed by atoms with Crippen molar-refractivity contribution in [1.29, 1.82) is 0 Å². The molecular formula is C22H28N2O4. The molecule has 0 heterocycles. The number of carbonyl (C=O) groups is 2. The molecule has 6 nitrogen and oxygen atoms in total. The number of hydrogen-bond donors (Lipinski definition) is 1. The summed E-state index contributed by atoms with van der Waals surface area (Å²) in [6, 6.07) is 12.6. The maximum atomic E-state index is 12.9. The molecule has 28 heavy (non-hydrogen) atoms. The predicted octanol–water partition coefficient (Wildman–Crippen LogP) is 2.85. The third-order valence-electron chi connectivity index (χ3n) is 4.48. The number of methoxy groups -OCH3 is 1. The molecule has 0 spiro atoms. The second kappa shape index (κ2) is 9.78. The molecule has 0 aliphatic heterocycles. The standard InChI is InChI=1S/C22H28N2O4/c1-15-10-16(2)12-20(11-15)28-14-21(25)24(17(3)22(26)23-4)13-18-6-8-19(27-5)9-7-18/h6-12,17H,13-14H2,1-5H3,(H,23,26)/t17-/m1/s1. The second-order valence-corrected chi connectivity index (χ2v) is 6.77. The summed E-state index contributed by atoms with van der Waals surface area (Å²) >= 11 is 0. The predicted molar refractivity (Wildman–Crippen MR) is 108 cm³/mol. The van der Waals surface area contributed by atoms with Crippen molar-refractivity contribution in [2.75, 3.05) is 20.8 Å². The lowest BCUT2D eigenvalue weighted by Gasteiger charge is -2.28. The van der Waals surface area contributed by atoms with E-state index in [9.17, 15) is 9.59 Å². The Morgan fingerprint density at radius 2 is 1.64 bits per heavy atom. The van der Waals surface area contributed by atoms with Gasteiger partial charge in [0.2, 0.25) is 5.91 Å². The number of rotatable bonds is 8. The molecule has 0 aliphatic rings. The molecule has 0 unspecified atom stereocenters. The summed E-state index contributed by atoms with van der Waals surface area (Å²) in [7, 11) is 3.16. The number of hydrogen-bond acceptors (Lipinski definition) is 4. The van der Waals surface area contributed by atoms with Gasteiger partial charge >= 0.3 is 0 Å². The molecule has 1 N–H and O–H groups in total. The molecule has 0 fully saturated rings. The van der Waals surface area contributed by atoms with Gasteiger partial charge in [-0.15, -0.1) is 0 Å². The molecule has 2 aromatic rings. The molecule has 0 aromatic heterocycles. The van der Waals surface area contributed by atoms with Crippen molar-refractivity contribution in [1.82, 2.24) is 10.2 Å². The lowest BCUT2D eigenvalue weighted by molar-refractivity contribution is -0.142. The van der Waals surface area contributed by atoms with E-state index in [0.29, 0.717) is 12.3 Å². The molecular weight excluding hydrogens is 356 g/mol. The van der Waals surface area contributed by atoms with Crippen LogP contribution >= 0.6 is 0 Å². The average molecular weight is 384 g/mol. The van der Waals surface area contributed by atoms with E-state index < -0.39 is 6.04 Å². The zero-order chi connectivity index (χ0) is 20.7. The van der Waals surface area contributed by atoms with E-state index in [1.165, 1.54) is 4.90 Å². The highest BCUT2D eigenvalue weighted by Crippen LogP contribution is 2.18. The Morgan fingerprint density at radius 1 is 1.04 bits per heavy atom. The number of nitrogens with zero attached hydrogens (tertiary/aromatic N) is 1. The van der Waals surface area contributed by atoms with Crippen LogP contribution in [0.25, 0.3) is 0 Å². The van der Waals surface area contributed by atoms with Gasteiger partial charge in [-0.05, 0) is 61.7 Å². The summed E-state index contributed by atoms with van der Waals surface area (Å²) in [5.41, 5.74) is 3.03. The van der Waals surface area contributed by atoms with Crippen molar-refractivity contribution in [3.05, 3.63) is 59.2 Å². The molecule has 0 bridgehead atoms. The van der Waals surface area contributed by atoms with E-state index in [1.807, 2.05) is 56.3 Å². The van der Waals surface area contributed by atoms with Crippen molar-refractivity contribution in [2.24, 2.45) is 0 Å². The van der Waals surface area contributed by atoms with Gasteiger partial charge in [-0.25, -0.2) is 0 Å². The highest BCUT2D eigenvalue weighted by Gasteiger charge is 2.25. The van der Waals surface area contributed by atoms with E-state index in [0.717, 1.165) is 22.4 Å². The summed E-state index contributed by atoms with van der Waals surface area (Å²) in [6.45, 7) is 5.82. The topological polar surface area (TPSA) is 67.9 Å². The van der Waals surface area contributed by atoms with Crippen LogP contribution in [0.15, 0.2) is 42.5 Å². The largest absolute Gasteiger partial charge is 0.497 e. The Bertz CT molecular complexity index is 798. The van der Waals surface area contributed by atoms with E-state index in [1.54, 1.807) is 21.1 Å². The Balaban J connectivity index is 2.14. The Hall–Kier alpha value is -3.02. The Kier molecular flexibility index (Phi) is 7.44. The normalized spacial score (nSPS) is 11.5. The van der Waals surface area contributed by atoms with Crippen LogP contribution in [0, 0.1) is 13.8 Å². The minimum Gasteiger partial charge on any atom is -0.497 e. The third-order valence-corrected chi connectivity index (χ3v) is 4.48. The van der Waals surface area contributed by atoms with Gasteiger partial charge in [-0.2, -0.15) is 0 Å². The maximum Gasteiger partial charge on any atom is 0.261 e. The maximum absolute atomic E-state index is 12.9. The number of likely N-dealkylation sites (N-methyl/N-ethyl adjacent to an activating group) is 1. The van der Waals surface area contributed by atoms with Gasteiger partial charge in [0, 0.05) is 13.6 Å². The molecule has 2 aromatic carbocycles. The van der Waals surface area contributed by atoms with Crippen molar-refractivity contribution in [3.8, 4) is 11.5 Å². The SMILES string of the molecule is CNC(=O)[C@@H](C)N(Cc1ccc(OC)cc1)C(=O)COc1cc(C)cc(C)c1. The number of ether oxygens (including phenoxy) is 2. The van der Waals surface area contributed by atoms with Gasteiger partial charge in [0.05, 0.1) is 7.11 Å². The summed E-state index contributed by atoms with van der Waals surface area (Å²) in [6.07, 6.45) is 0. The number of benzene rings is 2. The van der Waals surface area contributed by atoms with Crippen LogP contribution in [0.4, 0.5) is 0 Å². The minimum atomic E-state index is -0.623. The lowest BCUT2D eigenvalue weighted by atomic mass is 10.1. The zero-order valence-corrected chi connectivity index (χ0v) is 17.1. The molecule has 2 amide bonds. The fourth-order valence-corrected chi connectivity index (χ4v) is 2.96. The summed E-state index contributed by atoms with van der Waals surface area (Å²) < 4.78 is 10.9. The van der Waals surface area contributed by atoms with Crippen molar-refractivity contribution >= 4 is 11.8 Å². The van der Waals surface area contributed by atoms with Crippen molar-refractivity contribution in [2.45, 2.75) is 33.4 Å². The van der Waals surface area contributed by atoms with E-state index in [4.69, 9.17) is 9.47 Å². The molecule has 150 valence electrons. The summed E-state index contributed by atoms with van der Waals surface area (Å²) in [5, 5.41) is 2.60. The molecule has 1 atom stereocenters. The van der Waals surface area contributed by atoms with E-state index >= 15 is 0 Å². The molecule has 6 heteroatoms. The molecule has 0 aliphatic carbocycles. The first-order valence-electron chi connectivity index (χ1n) is 9.19. The Morgan fingerprint density at radius 3 is 2.18 bits per heavy atom. The number of carbonyl (C=O) groups excluding carboxylic acids is 2. The first kappa shape index (κ1) is 21.3. The highest BCUT2D eigenvalue weighted by atomic mass is 16.5. The van der Waals surface area contributed by atoms with Crippen LogP contribution in [-0.2, 0) is 16.1 Å². The van der Waals surface area contributed by atoms with Crippen LogP contribution in [0.1, 0.15) is 23.6 Å². The summed E-state index contributed by atoms with van der Waals surface area (Å²) in [4.78, 5) is 26.5. The van der Waals surface area contributed by atoms with Crippen molar-refractivity contribution in [3.63, 3.8) is 0 Å². The number of nitrogens with one attached hydrogen (secondary N) is 1. The van der Waals surface area contributed by atoms with Crippen LogP contribution in [-0.4, -0.2) is 43.5 Å². The average Bonchev–Trinajstić information content (AvgIpc) is 2.68. The van der Waals surface area contributed by atoms with Crippen LogP contribution < -0.4 is 14.8 Å². The number of aryl methyl sites for hydroxylation is 2. The first-order valence-corrected chi connectivity index (χ1v) is 9.19. The van der Waals surface area contributed by atoms with Crippen LogP contribution in [0.2, 0.25) is 0 Å².